The number of nitrogens with zero attached hydrogens (tertiary/aromatic N) is 1. The van der Waals surface area contributed by atoms with E-state index >= 15 is 0 Å². The Morgan fingerprint density at radius 2 is 2.05 bits per heavy atom. The van der Waals surface area contributed by atoms with Crippen LogP contribution in [0, 0.1) is 23.7 Å². The van der Waals surface area contributed by atoms with Gasteiger partial charge in [0, 0.05) is 12.1 Å². The van der Waals surface area contributed by atoms with Gasteiger partial charge < -0.3 is 5.11 Å². The van der Waals surface area contributed by atoms with Gasteiger partial charge in [-0.15, -0.1) is 0 Å². The first-order valence-electron chi connectivity index (χ1n) is 8.10. The molecular formula is C19H27NO. The Kier molecular flexibility index (Phi) is 6.29. The maximum Gasteiger partial charge on any atom is 0.104 e. The molecule has 1 fully saturated rings. The molecule has 2 nitrogen and oxygen atoms in total. The topological polar surface area (TPSA) is 23.5 Å². The maximum absolute atomic E-state index is 8.87. The Bertz CT molecular complexity index is 498. The first-order valence-corrected chi connectivity index (χ1v) is 8.10. The normalized spacial score (nSPS) is 19.9. The largest absolute Gasteiger partial charge is 0.384 e. The molecule has 21 heavy (non-hydrogen) atoms. The van der Waals surface area contributed by atoms with E-state index in [2.05, 4.69) is 42.7 Å². The molecule has 0 aromatic heterocycles. The number of hydrogen-bond acceptors (Lipinski definition) is 2. The van der Waals surface area contributed by atoms with Crippen molar-refractivity contribution in [2.24, 2.45) is 11.8 Å². The molecule has 1 aromatic rings. The first-order chi connectivity index (χ1) is 10.2. The van der Waals surface area contributed by atoms with Crippen LogP contribution in [0.4, 0.5) is 0 Å². The predicted octanol–water partition coefficient (Wildman–Crippen LogP) is 3.29. The van der Waals surface area contributed by atoms with Crippen LogP contribution in [0.5, 0.6) is 0 Å². The zero-order chi connectivity index (χ0) is 15.1. The van der Waals surface area contributed by atoms with E-state index in [9.17, 15) is 0 Å². The van der Waals surface area contributed by atoms with Gasteiger partial charge in [0.2, 0.25) is 0 Å². The van der Waals surface area contributed by atoms with Crippen molar-refractivity contribution in [3.8, 4) is 11.8 Å². The Morgan fingerprint density at radius 1 is 1.24 bits per heavy atom. The van der Waals surface area contributed by atoms with Crippen LogP contribution in [0.3, 0.4) is 0 Å². The molecule has 1 saturated heterocycles. The molecule has 1 aromatic carbocycles. The molecule has 0 spiro atoms. The van der Waals surface area contributed by atoms with Crippen molar-refractivity contribution < 1.29 is 5.11 Å². The third-order valence-electron chi connectivity index (χ3n) is 4.52. The maximum atomic E-state index is 8.87. The van der Waals surface area contributed by atoms with Crippen molar-refractivity contribution in [3.63, 3.8) is 0 Å². The molecular weight excluding hydrogens is 258 g/mol. The summed E-state index contributed by atoms with van der Waals surface area (Å²) in [6.07, 6.45) is 3.97. The van der Waals surface area contributed by atoms with E-state index in [1.165, 1.54) is 37.9 Å². The van der Waals surface area contributed by atoms with Gasteiger partial charge in [-0.3, -0.25) is 4.90 Å². The number of aliphatic hydroxyl groups is 1. The third-order valence-corrected chi connectivity index (χ3v) is 4.52. The van der Waals surface area contributed by atoms with Crippen LogP contribution in [-0.2, 0) is 6.54 Å². The molecule has 1 atom stereocenters. The molecule has 2 heteroatoms. The molecule has 1 N–H and O–H groups in total. The van der Waals surface area contributed by atoms with Crippen molar-refractivity contribution in [1.29, 1.82) is 0 Å². The van der Waals surface area contributed by atoms with Crippen molar-refractivity contribution in [2.45, 2.75) is 39.7 Å². The second-order valence-corrected chi connectivity index (χ2v) is 6.33. The second-order valence-electron chi connectivity index (χ2n) is 6.33. The summed E-state index contributed by atoms with van der Waals surface area (Å²) in [5.41, 5.74) is 2.33. The Hall–Kier alpha value is -1.30. The van der Waals surface area contributed by atoms with Crippen LogP contribution in [0.1, 0.15) is 44.2 Å². The summed E-state index contributed by atoms with van der Waals surface area (Å²) in [5.74, 6) is 7.51. The highest BCUT2D eigenvalue weighted by Crippen LogP contribution is 2.25. The summed E-state index contributed by atoms with van der Waals surface area (Å²) in [6, 6.07) is 8.30. The van der Waals surface area contributed by atoms with Crippen LogP contribution in [0.15, 0.2) is 24.3 Å². The molecule has 1 aliphatic heterocycles. The first kappa shape index (κ1) is 16.1. The molecule has 114 valence electrons. The highest BCUT2D eigenvalue weighted by molar-refractivity contribution is 5.41. The minimum Gasteiger partial charge on any atom is -0.384 e. The molecule has 0 bridgehead atoms. The zero-order valence-corrected chi connectivity index (χ0v) is 13.3. The summed E-state index contributed by atoms with van der Waals surface area (Å²) in [7, 11) is 0. The van der Waals surface area contributed by atoms with Gasteiger partial charge in [-0.2, -0.15) is 0 Å². The van der Waals surface area contributed by atoms with Gasteiger partial charge in [0.25, 0.3) is 0 Å². The lowest BCUT2D eigenvalue weighted by atomic mass is 9.89. The smallest absolute Gasteiger partial charge is 0.104 e. The molecule has 2 rings (SSSR count). The van der Waals surface area contributed by atoms with Gasteiger partial charge in [0.05, 0.1) is 0 Å². The van der Waals surface area contributed by atoms with Gasteiger partial charge in [0.1, 0.15) is 6.61 Å². The molecule has 0 aliphatic carbocycles. The van der Waals surface area contributed by atoms with E-state index < -0.39 is 0 Å². The highest BCUT2D eigenvalue weighted by atomic mass is 16.2. The SMILES string of the molecule is CC(C)C1CCCN(Cc2ccccc2C#CCO)CC1. The Labute approximate surface area is 129 Å². The molecule has 0 amide bonds. The standard InChI is InChI=1S/C19H27NO/c1-16(2)17-9-5-12-20(13-11-17)15-19-8-4-3-7-18(19)10-6-14-21/h3-4,7-8,16-17,21H,5,9,11-15H2,1-2H3. The number of rotatable bonds is 3. The highest BCUT2D eigenvalue weighted by Gasteiger charge is 2.19. The molecule has 1 unspecified atom stereocenters. The fraction of sp³-hybridized carbons (Fsp3) is 0.579. The fourth-order valence-corrected chi connectivity index (χ4v) is 3.16. The zero-order valence-electron chi connectivity index (χ0n) is 13.3. The lowest BCUT2D eigenvalue weighted by Crippen LogP contribution is -2.25. The summed E-state index contributed by atoms with van der Waals surface area (Å²) < 4.78 is 0. The van der Waals surface area contributed by atoms with Crippen molar-refractivity contribution in [2.75, 3.05) is 19.7 Å². The number of likely N-dealkylation sites (tertiary alicyclic amines) is 1. The van der Waals surface area contributed by atoms with E-state index in [-0.39, 0.29) is 6.61 Å². The molecule has 1 heterocycles. The lowest BCUT2D eigenvalue weighted by molar-refractivity contribution is 0.264. The predicted molar refractivity (Wildman–Crippen MR) is 87.9 cm³/mol. The van der Waals surface area contributed by atoms with Crippen LogP contribution >= 0.6 is 0 Å². The van der Waals surface area contributed by atoms with Gasteiger partial charge >= 0.3 is 0 Å². The molecule has 1 aliphatic rings. The van der Waals surface area contributed by atoms with E-state index in [0.29, 0.717) is 0 Å². The average Bonchev–Trinajstić information content (AvgIpc) is 2.72. The van der Waals surface area contributed by atoms with E-state index in [0.717, 1.165) is 23.9 Å². The fourth-order valence-electron chi connectivity index (χ4n) is 3.16. The van der Waals surface area contributed by atoms with Crippen molar-refractivity contribution in [3.05, 3.63) is 35.4 Å². The van der Waals surface area contributed by atoms with E-state index in [4.69, 9.17) is 5.11 Å². The minimum absolute atomic E-state index is 0.0753. The monoisotopic (exact) mass is 285 g/mol. The summed E-state index contributed by atoms with van der Waals surface area (Å²) in [4.78, 5) is 2.56. The Balaban J connectivity index is 2.01. The van der Waals surface area contributed by atoms with E-state index in [1.807, 2.05) is 12.1 Å². The average molecular weight is 285 g/mol. The van der Waals surface area contributed by atoms with Crippen molar-refractivity contribution >= 4 is 0 Å². The number of aliphatic hydroxyl groups excluding tert-OH is 1. The van der Waals surface area contributed by atoms with Gasteiger partial charge in [-0.25, -0.2) is 0 Å². The summed E-state index contributed by atoms with van der Waals surface area (Å²) in [5, 5.41) is 8.87. The van der Waals surface area contributed by atoms with Crippen LogP contribution < -0.4 is 0 Å². The van der Waals surface area contributed by atoms with Crippen LogP contribution in [0.2, 0.25) is 0 Å². The van der Waals surface area contributed by atoms with Gasteiger partial charge in [0.15, 0.2) is 0 Å². The summed E-state index contributed by atoms with van der Waals surface area (Å²) >= 11 is 0. The third kappa shape index (κ3) is 4.88. The van der Waals surface area contributed by atoms with Gasteiger partial charge in [-0.05, 0) is 55.8 Å². The Morgan fingerprint density at radius 3 is 2.81 bits per heavy atom. The van der Waals surface area contributed by atoms with Crippen LogP contribution in [0.25, 0.3) is 0 Å². The van der Waals surface area contributed by atoms with Crippen LogP contribution in [-0.4, -0.2) is 29.7 Å². The summed E-state index contributed by atoms with van der Waals surface area (Å²) in [6.45, 7) is 7.96. The number of hydrogen-bond donors (Lipinski definition) is 1. The van der Waals surface area contributed by atoms with Crippen molar-refractivity contribution in [1.82, 2.24) is 4.90 Å². The van der Waals surface area contributed by atoms with E-state index in [1.54, 1.807) is 0 Å². The molecule has 0 radical (unpaired) electrons. The van der Waals surface area contributed by atoms with Gasteiger partial charge in [-0.1, -0.05) is 43.9 Å². The number of benzene rings is 1. The quantitative estimate of drug-likeness (QED) is 0.862. The lowest BCUT2D eigenvalue weighted by Gasteiger charge is -2.22. The second kappa shape index (κ2) is 8.22. The molecule has 0 saturated carbocycles. The minimum atomic E-state index is -0.0753.